The Bertz CT molecular complexity index is 1560. The molecule has 0 spiro atoms. The molecule has 1 saturated heterocycles. The Morgan fingerprint density at radius 2 is 1.74 bits per heavy atom. The molecule has 9 nitrogen and oxygen atoms in total. The molecule has 5 rings (SSSR count). The number of nitrogens with zero attached hydrogens (tertiary/aromatic N) is 3. The number of aryl methyl sites for hydroxylation is 1. The first kappa shape index (κ1) is 29.8. The van der Waals surface area contributed by atoms with E-state index in [2.05, 4.69) is 36.3 Å². The maximum absolute atomic E-state index is 13.0. The number of amides is 1. The van der Waals surface area contributed by atoms with Gasteiger partial charge in [0.05, 0.1) is 26.5 Å². The Morgan fingerprint density at radius 1 is 1.02 bits per heavy atom. The smallest absolute Gasteiger partial charge is 0.493 e. The Labute approximate surface area is 246 Å². The van der Waals surface area contributed by atoms with Gasteiger partial charge in [-0.05, 0) is 72.6 Å². The van der Waals surface area contributed by atoms with Gasteiger partial charge in [-0.25, -0.2) is 9.97 Å². The number of rotatable bonds is 9. The predicted octanol–water partition coefficient (Wildman–Crippen LogP) is 6.19. The maximum atomic E-state index is 13.0. The molecular weight excluding hydrogens is 563 g/mol. The van der Waals surface area contributed by atoms with Crippen molar-refractivity contribution < 1.29 is 32.2 Å². The van der Waals surface area contributed by atoms with Crippen LogP contribution in [0.15, 0.2) is 72.9 Å². The lowest BCUT2D eigenvalue weighted by molar-refractivity contribution is -0.274. The molecule has 224 valence electrons. The van der Waals surface area contributed by atoms with Crippen molar-refractivity contribution in [1.29, 1.82) is 0 Å². The minimum atomic E-state index is -4.78. The Kier molecular flexibility index (Phi) is 9.07. The summed E-state index contributed by atoms with van der Waals surface area (Å²) in [6, 6.07) is 18.2. The minimum Gasteiger partial charge on any atom is -0.493 e. The first-order valence-corrected chi connectivity index (χ1v) is 13.5. The molecule has 12 heteroatoms. The van der Waals surface area contributed by atoms with E-state index < -0.39 is 6.36 Å². The molecular formula is C31H30F3N5O4. The van der Waals surface area contributed by atoms with E-state index in [0.29, 0.717) is 28.3 Å². The number of morpholine rings is 1. The zero-order valence-electron chi connectivity index (χ0n) is 23.6. The van der Waals surface area contributed by atoms with Gasteiger partial charge in [0.25, 0.3) is 5.91 Å². The Hall–Kier alpha value is -4.68. The number of hydrogen-bond donors (Lipinski definition) is 2. The van der Waals surface area contributed by atoms with E-state index in [4.69, 9.17) is 9.47 Å². The topological polar surface area (TPSA) is 97.8 Å². The largest absolute Gasteiger partial charge is 0.573 e. The van der Waals surface area contributed by atoms with Crippen molar-refractivity contribution in [3.05, 3.63) is 89.6 Å². The van der Waals surface area contributed by atoms with Crippen molar-refractivity contribution in [1.82, 2.24) is 14.9 Å². The van der Waals surface area contributed by atoms with E-state index >= 15 is 0 Å². The van der Waals surface area contributed by atoms with Crippen LogP contribution >= 0.6 is 0 Å². The molecule has 0 aliphatic carbocycles. The van der Waals surface area contributed by atoms with Gasteiger partial charge in [-0.2, -0.15) is 0 Å². The Morgan fingerprint density at radius 3 is 2.42 bits per heavy atom. The van der Waals surface area contributed by atoms with Crippen molar-refractivity contribution in [2.24, 2.45) is 0 Å². The molecule has 1 amide bonds. The van der Waals surface area contributed by atoms with E-state index in [-0.39, 0.29) is 17.6 Å². The molecule has 0 bridgehead atoms. The van der Waals surface area contributed by atoms with Crippen LogP contribution < -0.4 is 20.1 Å². The number of benzene rings is 3. The first-order chi connectivity index (χ1) is 20.7. The molecule has 3 aromatic carbocycles. The van der Waals surface area contributed by atoms with Crippen molar-refractivity contribution in [2.75, 3.05) is 44.0 Å². The average molecular weight is 594 g/mol. The summed E-state index contributed by atoms with van der Waals surface area (Å²) >= 11 is 0. The zero-order chi connectivity index (χ0) is 30.4. The van der Waals surface area contributed by atoms with Gasteiger partial charge >= 0.3 is 6.36 Å². The molecule has 1 aromatic heterocycles. The third kappa shape index (κ3) is 7.99. The van der Waals surface area contributed by atoms with Gasteiger partial charge in [-0.15, -0.1) is 13.2 Å². The highest BCUT2D eigenvalue weighted by Gasteiger charge is 2.31. The Balaban J connectivity index is 1.25. The van der Waals surface area contributed by atoms with Crippen molar-refractivity contribution in [2.45, 2.75) is 19.8 Å². The van der Waals surface area contributed by atoms with Crippen LogP contribution in [-0.4, -0.2) is 60.6 Å². The van der Waals surface area contributed by atoms with Crippen molar-refractivity contribution >= 4 is 23.2 Å². The molecule has 0 saturated carbocycles. The first-order valence-electron chi connectivity index (χ1n) is 13.5. The summed E-state index contributed by atoms with van der Waals surface area (Å²) in [5, 5.41) is 6.10. The zero-order valence-corrected chi connectivity index (χ0v) is 23.6. The maximum Gasteiger partial charge on any atom is 0.573 e. The van der Waals surface area contributed by atoms with Gasteiger partial charge in [0, 0.05) is 42.1 Å². The van der Waals surface area contributed by atoms with Crippen LogP contribution in [0.3, 0.4) is 0 Å². The van der Waals surface area contributed by atoms with E-state index in [9.17, 15) is 18.0 Å². The van der Waals surface area contributed by atoms with Gasteiger partial charge in [-0.1, -0.05) is 12.1 Å². The molecule has 1 fully saturated rings. The SMILES string of the molecule is COc1cnc(Nc2ccc(C(=O)Nc3cc(CN4CCOCC4)ccc3C)cc2)nc1-c1ccc(OC(F)(F)F)cc1. The van der Waals surface area contributed by atoms with E-state index in [1.54, 1.807) is 24.3 Å². The molecule has 0 atom stereocenters. The third-order valence-corrected chi connectivity index (χ3v) is 6.80. The van der Waals surface area contributed by atoms with Crippen LogP contribution in [-0.2, 0) is 11.3 Å². The molecule has 2 N–H and O–H groups in total. The highest BCUT2D eigenvalue weighted by atomic mass is 19.4. The fraction of sp³-hybridized carbons (Fsp3) is 0.258. The summed E-state index contributed by atoms with van der Waals surface area (Å²) in [4.78, 5) is 24.1. The molecule has 2 heterocycles. The second-order valence-electron chi connectivity index (χ2n) is 9.88. The van der Waals surface area contributed by atoms with E-state index in [0.717, 1.165) is 49.7 Å². The number of carbonyl (C=O) groups is 1. The third-order valence-electron chi connectivity index (χ3n) is 6.80. The number of ether oxygens (including phenoxy) is 3. The molecule has 1 aliphatic heterocycles. The molecule has 4 aromatic rings. The standard InChI is InChI=1S/C31H30F3N5O4/c1-20-3-4-21(19-39-13-15-42-16-14-39)17-26(20)37-29(40)23-5-9-24(10-6-23)36-30-35-18-27(41-2)28(38-30)22-7-11-25(12-8-22)43-31(32,33)34/h3-12,17-18H,13-16,19H2,1-2H3,(H,37,40)(H,35,36,38). The summed E-state index contributed by atoms with van der Waals surface area (Å²) < 4.78 is 52.3. The van der Waals surface area contributed by atoms with Crippen LogP contribution in [0.1, 0.15) is 21.5 Å². The van der Waals surface area contributed by atoms with Gasteiger partial charge in [0.2, 0.25) is 5.95 Å². The monoisotopic (exact) mass is 593 g/mol. The van der Waals surface area contributed by atoms with Gasteiger partial charge in [-0.3, -0.25) is 9.69 Å². The quantitative estimate of drug-likeness (QED) is 0.237. The fourth-order valence-corrected chi connectivity index (χ4v) is 4.55. The molecule has 43 heavy (non-hydrogen) atoms. The predicted molar refractivity (Wildman–Crippen MR) is 156 cm³/mol. The number of alkyl halides is 3. The fourth-order valence-electron chi connectivity index (χ4n) is 4.55. The summed E-state index contributed by atoms with van der Waals surface area (Å²) in [5.41, 5.74) is 4.83. The van der Waals surface area contributed by atoms with Crippen LogP contribution in [0.25, 0.3) is 11.3 Å². The number of nitrogens with one attached hydrogen (secondary N) is 2. The van der Waals surface area contributed by atoms with Crippen molar-refractivity contribution in [3.63, 3.8) is 0 Å². The van der Waals surface area contributed by atoms with Crippen LogP contribution in [0.4, 0.5) is 30.5 Å². The highest BCUT2D eigenvalue weighted by molar-refractivity contribution is 6.04. The number of carbonyl (C=O) groups excluding carboxylic acids is 1. The minimum absolute atomic E-state index is 0.233. The lowest BCUT2D eigenvalue weighted by Gasteiger charge is -2.26. The lowest BCUT2D eigenvalue weighted by atomic mass is 10.1. The summed E-state index contributed by atoms with van der Waals surface area (Å²) in [6.45, 7) is 5.96. The number of aromatic nitrogens is 2. The van der Waals surface area contributed by atoms with Crippen molar-refractivity contribution in [3.8, 4) is 22.8 Å². The van der Waals surface area contributed by atoms with Gasteiger partial charge < -0.3 is 24.8 Å². The highest BCUT2D eigenvalue weighted by Crippen LogP contribution is 2.31. The number of methoxy groups -OCH3 is 1. The average Bonchev–Trinajstić information content (AvgIpc) is 2.99. The second-order valence-corrected chi connectivity index (χ2v) is 9.88. The number of anilines is 3. The van der Waals surface area contributed by atoms with E-state index in [1.165, 1.54) is 37.6 Å². The normalized spacial score (nSPS) is 13.8. The summed E-state index contributed by atoms with van der Waals surface area (Å²) in [7, 11) is 1.45. The molecule has 1 aliphatic rings. The van der Waals surface area contributed by atoms with Gasteiger partial charge in [0.15, 0.2) is 5.75 Å². The van der Waals surface area contributed by atoms with E-state index in [1.807, 2.05) is 19.1 Å². The summed E-state index contributed by atoms with van der Waals surface area (Å²) in [6.07, 6.45) is -3.32. The second kappa shape index (κ2) is 13.1. The van der Waals surface area contributed by atoms with Crippen LogP contribution in [0.2, 0.25) is 0 Å². The van der Waals surface area contributed by atoms with Crippen LogP contribution in [0.5, 0.6) is 11.5 Å². The van der Waals surface area contributed by atoms with Crippen LogP contribution in [0, 0.1) is 6.92 Å². The number of halogens is 3. The summed E-state index contributed by atoms with van der Waals surface area (Å²) in [5.74, 6) is -0.00981. The lowest BCUT2D eigenvalue weighted by Crippen LogP contribution is -2.35. The molecule has 0 radical (unpaired) electrons. The van der Waals surface area contributed by atoms with Gasteiger partial charge in [0.1, 0.15) is 11.4 Å². The molecule has 0 unspecified atom stereocenters. The number of hydrogen-bond acceptors (Lipinski definition) is 8.